The van der Waals surface area contributed by atoms with Crippen LogP contribution in [0.5, 0.6) is 0 Å². The maximum absolute atomic E-state index is 7.75. The van der Waals surface area contributed by atoms with Crippen LogP contribution in [0, 0.1) is 10.8 Å². The van der Waals surface area contributed by atoms with Gasteiger partial charge in [-0.15, -0.1) is 0 Å². The van der Waals surface area contributed by atoms with Gasteiger partial charge in [-0.05, 0) is 49.3 Å². The van der Waals surface area contributed by atoms with Crippen molar-refractivity contribution in [2.24, 2.45) is 11.1 Å². The maximum Gasteiger partial charge on any atom is 0.124 e. The van der Waals surface area contributed by atoms with E-state index < -0.39 is 0 Å². The molecule has 0 spiro atoms. The third kappa shape index (κ3) is 3.35. The summed E-state index contributed by atoms with van der Waals surface area (Å²) in [6.07, 6.45) is 4.91. The molecule has 0 unspecified atom stereocenters. The molecule has 3 nitrogen and oxygen atoms in total. The highest BCUT2D eigenvalue weighted by Crippen LogP contribution is 2.38. The number of nitrogens with zero attached hydrogens (tertiary/aromatic N) is 1. The van der Waals surface area contributed by atoms with Gasteiger partial charge in [0.1, 0.15) is 5.84 Å². The molecule has 20 heavy (non-hydrogen) atoms. The van der Waals surface area contributed by atoms with Gasteiger partial charge in [0.2, 0.25) is 0 Å². The van der Waals surface area contributed by atoms with E-state index in [4.69, 9.17) is 11.1 Å². The van der Waals surface area contributed by atoms with E-state index >= 15 is 0 Å². The average molecular weight is 338 g/mol. The zero-order valence-electron chi connectivity index (χ0n) is 12.5. The highest BCUT2D eigenvalue weighted by molar-refractivity contribution is 9.10. The summed E-state index contributed by atoms with van der Waals surface area (Å²) < 4.78 is 1.03. The van der Waals surface area contributed by atoms with E-state index in [1.165, 1.54) is 25.7 Å². The number of hydrogen-bond donors (Lipinski definition) is 2. The van der Waals surface area contributed by atoms with E-state index in [9.17, 15) is 0 Å². The Balaban J connectivity index is 2.23. The molecule has 1 saturated carbocycles. The van der Waals surface area contributed by atoms with Crippen molar-refractivity contribution < 1.29 is 0 Å². The lowest BCUT2D eigenvalue weighted by Gasteiger charge is -2.40. The summed E-state index contributed by atoms with van der Waals surface area (Å²) in [4.78, 5) is 2.30. The minimum atomic E-state index is 0.135. The van der Waals surface area contributed by atoms with Crippen molar-refractivity contribution in [1.82, 2.24) is 0 Å². The Hall–Kier alpha value is -1.03. The van der Waals surface area contributed by atoms with Gasteiger partial charge in [0, 0.05) is 28.8 Å². The highest BCUT2D eigenvalue weighted by atomic mass is 79.9. The number of nitrogens with two attached hydrogens (primary N) is 1. The Morgan fingerprint density at radius 1 is 1.35 bits per heavy atom. The zero-order valence-corrected chi connectivity index (χ0v) is 14.1. The third-order valence-electron chi connectivity index (χ3n) is 4.49. The second-order valence-electron chi connectivity index (χ2n) is 6.58. The first-order valence-corrected chi connectivity index (χ1v) is 7.96. The number of halogens is 1. The molecule has 1 aromatic carbocycles. The summed E-state index contributed by atoms with van der Waals surface area (Å²) in [6, 6.07) is 6.47. The molecule has 0 aliphatic heterocycles. The lowest BCUT2D eigenvalue weighted by Crippen LogP contribution is -2.38. The van der Waals surface area contributed by atoms with E-state index in [-0.39, 0.29) is 5.84 Å². The Morgan fingerprint density at radius 3 is 2.50 bits per heavy atom. The van der Waals surface area contributed by atoms with Gasteiger partial charge >= 0.3 is 0 Å². The van der Waals surface area contributed by atoms with Crippen LogP contribution in [0.3, 0.4) is 0 Å². The van der Waals surface area contributed by atoms with Gasteiger partial charge in [0.05, 0.1) is 0 Å². The molecule has 0 atom stereocenters. The molecule has 0 amide bonds. The molecule has 1 aromatic rings. The van der Waals surface area contributed by atoms with Gasteiger partial charge in [0.25, 0.3) is 0 Å². The fourth-order valence-electron chi connectivity index (χ4n) is 2.99. The summed E-state index contributed by atoms with van der Waals surface area (Å²) in [6.45, 7) is 4.70. The monoisotopic (exact) mass is 337 g/mol. The molecule has 110 valence electrons. The number of rotatable bonds is 3. The van der Waals surface area contributed by atoms with E-state index in [1.54, 1.807) is 0 Å². The van der Waals surface area contributed by atoms with Crippen LogP contribution in [0.1, 0.15) is 45.1 Å². The Kier molecular flexibility index (Phi) is 4.43. The third-order valence-corrected chi connectivity index (χ3v) is 4.98. The van der Waals surface area contributed by atoms with E-state index in [0.29, 0.717) is 11.5 Å². The first-order valence-electron chi connectivity index (χ1n) is 7.17. The maximum atomic E-state index is 7.75. The average Bonchev–Trinajstić information content (AvgIpc) is 2.37. The fraction of sp³-hybridized carbons (Fsp3) is 0.562. The number of nitrogen functional groups attached to an aromatic ring is 1. The highest BCUT2D eigenvalue weighted by Gasteiger charge is 2.29. The predicted octanol–water partition coefficient (Wildman–Crippen LogP) is 4.14. The van der Waals surface area contributed by atoms with E-state index in [2.05, 4.69) is 47.8 Å². The normalized spacial score (nSPS) is 18.8. The first kappa shape index (κ1) is 15.4. The summed E-state index contributed by atoms with van der Waals surface area (Å²) >= 11 is 3.52. The minimum absolute atomic E-state index is 0.135. The molecular formula is C16H24BrN3. The van der Waals surface area contributed by atoms with Gasteiger partial charge in [-0.3, -0.25) is 5.41 Å². The summed E-state index contributed by atoms with van der Waals surface area (Å²) in [7, 11) is 2.12. The lowest BCUT2D eigenvalue weighted by atomic mass is 9.75. The number of anilines is 1. The van der Waals surface area contributed by atoms with Crippen molar-refractivity contribution in [3.63, 3.8) is 0 Å². The molecule has 1 fully saturated rings. The topological polar surface area (TPSA) is 53.1 Å². The van der Waals surface area contributed by atoms with Crippen LogP contribution >= 0.6 is 15.9 Å². The fourth-order valence-corrected chi connectivity index (χ4v) is 3.34. The molecular weight excluding hydrogens is 314 g/mol. The summed E-state index contributed by atoms with van der Waals surface area (Å²) in [5.74, 6) is 0.135. The quantitative estimate of drug-likeness (QED) is 0.643. The Bertz CT molecular complexity index is 500. The summed E-state index contributed by atoms with van der Waals surface area (Å²) in [5.41, 5.74) is 8.06. The second-order valence-corrected chi connectivity index (χ2v) is 7.50. The minimum Gasteiger partial charge on any atom is -0.384 e. The molecule has 1 aliphatic carbocycles. The number of hydrogen-bond acceptors (Lipinski definition) is 2. The van der Waals surface area contributed by atoms with Crippen molar-refractivity contribution in [3.8, 4) is 0 Å². The van der Waals surface area contributed by atoms with Crippen molar-refractivity contribution in [1.29, 1.82) is 5.41 Å². The molecule has 0 bridgehead atoms. The van der Waals surface area contributed by atoms with Crippen LogP contribution < -0.4 is 10.6 Å². The van der Waals surface area contributed by atoms with Crippen LogP contribution in [0.25, 0.3) is 0 Å². The smallest absolute Gasteiger partial charge is 0.124 e. The second kappa shape index (κ2) is 5.76. The summed E-state index contributed by atoms with van der Waals surface area (Å²) in [5, 5.41) is 7.75. The Labute approximate surface area is 130 Å². The van der Waals surface area contributed by atoms with Crippen molar-refractivity contribution in [2.45, 2.75) is 45.6 Å². The molecule has 0 heterocycles. The van der Waals surface area contributed by atoms with Crippen molar-refractivity contribution in [3.05, 3.63) is 28.2 Å². The van der Waals surface area contributed by atoms with Gasteiger partial charge in [-0.2, -0.15) is 0 Å². The largest absolute Gasteiger partial charge is 0.384 e. The molecule has 3 N–H and O–H groups in total. The number of benzene rings is 1. The Morgan fingerprint density at radius 2 is 1.95 bits per heavy atom. The molecule has 1 aliphatic rings. The van der Waals surface area contributed by atoms with Crippen LogP contribution in [0.2, 0.25) is 0 Å². The predicted molar refractivity (Wildman–Crippen MR) is 89.6 cm³/mol. The van der Waals surface area contributed by atoms with E-state index in [1.807, 2.05) is 12.1 Å². The van der Waals surface area contributed by atoms with Gasteiger partial charge in [-0.25, -0.2) is 0 Å². The lowest BCUT2D eigenvalue weighted by molar-refractivity contribution is 0.222. The van der Waals surface area contributed by atoms with Crippen LogP contribution in [0.4, 0.5) is 5.69 Å². The molecule has 0 radical (unpaired) electrons. The van der Waals surface area contributed by atoms with Crippen LogP contribution in [0.15, 0.2) is 22.7 Å². The molecule has 0 saturated heterocycles. The number of amidine groups is 1. The van der Waals surface area contributed by atoms with Gasteiger partial charge in [0.15, 0.2) is 0 Å². The van der Waals surface area contributed by atoms with E-state index in [0.717, 1.165) is 15.7 Å². The molecule has 2 rings (SSSR count). The number of nitrogens with one attached hydrogen (secondary N) is 1. The molecule has 0 aromatic heterocycles. The van der Waals surface area contributed by atoms with Crippen LogP contribution in [-0.4, -0.2) is 18.9 Å². The zero-order chi connectivity index (χ0) is 14.9. The van der Waals surface area contributed by atoms with Crippen molar-refractivity contribution in [2.75, 3.05) is 11.9 Å². The van der Waals surface area contributed by atoms with Gasteiger partial charge < -0.3 is 10.6 Å². The van der Waals surface area contributed by atoms with Crippen molar-refractivity contribution >= 4 is 27.5 Å². The standard InChI is InChI=1S/C16H24BrN3/c1-16(2)8-6-12(7-9-16)20(3)14-10-11(17)4-5-13(14)15(18)19/h4-5,10,12H,6-9H2,1-3H3,(H3,18,19). The SMILES string of the molecule is CN(c1cc(Br)ccc1C(=N)N)C1CCC(C)(C)CC1. The first-order chi connectivity index (χ1) is 9.30. The molecule has 4 heteroatoms. The van der Waals surface area contributed by atoms with Gasteiger partial charge in [-0.1, -0.05) is 29.8 Å². The van der Waals surface area contributed by atoms with Crippen LogP contribution in [-0.2, 0) is 0 Å².